The second-order valence-electron chi connectivity index (χ2n) is 6.04. The Balaban J connectivity index is 1.69. The molecule has 25 heavy (non-hydrogen) atoms. The van der Waals surface area contributed by atoms with Crippen molar-refractivity contribution in [2.45, 2.75) is 18.6 Å². The van der Waals surface area contributed by atoms with Gasteiger partial charge in [0.15, 0.2) is 0 Å². The topological polar surface area (TPSA) is 79.2 Å². The number of hydrogen-bond donors (Lipinski definition) is 1. The number of fused-ring (bicyclic) bond motifs is 1. The van der Waals surface area contributed by atoms with Gasteiger partial charge in [0.05, 0.1) is 17.7 Å². The first-order valence-electron chi connectivity index (χ1n) is 7.96. The summed E-state index contributed by atoms with van der Waals surface area (Å²) in [7, 11) is 0. The van der Waals surface area contributed by atoms with Crippen LogP contribution < -0.4 is 0 Å². The van der Waals surface area contributed by atoms with Gasteiger partial charge in [0, 0.05) is 6.54 Å². The molecule has 6 nitrogen and oxygen atoms in total. The van der Waals surface area contributed by atoms with E-state index in [1.54, 1.807) is 30.3 Å². The Morgan fingerprint density at radius 3 is 2.72 bits per heavy atom. The first-order chi connectivity index (χ1) is 12.1. The third-order valence-corrected chi connectivity index (χ3v) is 4.33. The van der Waals surface area contributed by atoms with Gasteiger partial charge < -0.3 is 10.0 Å². The summed E-state index contributed by atoms with van der Waals surface area (Å²) in [6, 6.07) is 12.8. The van der Waals surface area contributed by atoms with Crippen LogP contribution in [0.5, 0.6) is 0 Å². The molecule has 7 heteroatoms. The van der Waals surface area contributed by atoms with E-state index in [2.05, 4.69) is 15.2 Å². The van der Waals surface area contributed by atoms with Crippen LogP contribution in [-0.2, 0) is 0 Å². The number of benzene rings is 2. The molecule has 1 aliphatic rings. The number of carbonyl (C=O) groups excluding carboxylic acids is 1. The molecular formula is C18H15FN4O2. The van der Waals surface area contributed by atoms with Gasteiger partial charge in [-0.2, -0.15) is 0 Å². The number of para-hydroxylation sites is 1. The second kappa shape index (κ2) is 6.18. The Morgan fingerprint density at radius 1 is 1.12 bits per heavy atom. The van der Waals surface area contributed by atoms with E-state index < -0.39 is 18.1 Å². The summed E-state index contributed by atoms with van der Waals surface area (Å²) in [4.78, 5) is 18.6. The van der Waals surface area contributed by atoms with Gasteiger partial charge in [0.1, 0.15) is 11.3 Å². The number of carbonyl (C=O) groups is 1. The average Bonchev–Trinajstić information content (AvgIpc) is 3.02. The molecule has 0 bridgehead atoms. The molecule has 2 atom stereocenters. The molecule has 0 unspecified atom stereocenters. The minimum atomic E-state index is -0.675. The van der Waals surface area contributed by atoms with Gasteiger partial charge in [-0.3, -0.25) is 4.79 Å². The lowest BCUT2D eigenvalue weighted by molar-refractivity contribution is 0.0702. The van der Waals surface area contributed by atoms with E-state index in [0.717, 1.165) is 0 Å². The average molecular weight is 338 g/mol. The van der Waals surface area contributed by atoms with Crippen LogP contribution in [-0.4, -0.2) is 43.7 Å². The van der Waals surface area contributed by atoms with Crippen LogP contribution >= 0.6 is 0 Å². The lowest BCUT2D eigenvalue weighted by atomic mass is 10.0. The zero-order valence-corrected chi connectivity index (χ0v) is 13.2. The molecule has 0 aliphatic carbocycles. The minimum Gasteiger partial charge on any atom is -0.391 e. The highest BCUT2D eigenvalue weighted by Crippen LogP contribution is 2.33. The molecule has 1 N–H and O–H groups in total. The molecule has 1 aliphatic heterocycles. The first kappa shape index (κ1) is 15.6. The summed E-state index contributed by atoms with van der Waals surface area (Å²) >= 11 is 0. The van der Waals surface area contributed by atoms with E-state index in [9.17, 15) is 14.3 Å². The molecular weight excluding hydrogens is 323 g/mol. The summed E-state index contributed by atoms with van der Waals surface area (Å²) < 4.78 is 13.5. The first-order valence-corrected chi connectivity index (χ1v) is 7.96. The van der Waals surface area contributed by atoms with Crippen LogP contribution in [0.3, 0.4) is 0 Å². The largest absolute Gasteiger partial charge is 0.391 e. The van der Waals surface area contributed by atoms with Crippen LogP contribution in [0.2, 0.25) is 0 Å². The normalized spacial score (nSPS) is 20.2. The predicted octanol–water partition coefficient (Wildman–Crippen LogP) is 2.11. The minimum absolute atomic E-state index is 0.0331. The fraction of sp³-hybridized carbons (Fsp3) is 0.222. The summed E-state index contributed by atoms with van der Waals surface area (Å²) in [5.41, 5.74) is 1.81. The van der Waals surface area contributed by atoms with E-state index in [1.165, 1.54) is 17.0 Å². The lowest BCUT2D eigenvalue weighted by Crippen LogP contribution is -2.33. The number of hydrogen-bond acceptors (Lipinski definition) is 5. The van der Waals surface area contributed by atoms with Crippen molar-refractivity contribution in [3.63, 3.8) is 0 Å². The Morgan fingerprint density at radius 2 is 1.92 bits per heavy atom. The highest BCUT2D eigenvalue weighted by Gasteiger charge is 2.37. The van der Waals surface area contributed by atoms with Crippen LogP contribution in [0.4, 0.5) is 4.39 Å². The highest BCUT2D eigenvalue weighted by molar-refractivity contribution is 5.92. The Bertz CT molecular complexity index is 949. The molecule has 2 heterocycles. The highest BCUT2D eigenvalue weighted by atomic mass is 19.1. The van der Waals surface area contributed by atoms with Crippen molar-refractivity contribution in [3.8, 4) is 0 Å². The number of likely N-dealkylation sites (tertiary alicyclic amines) is 1. The Kier molecular flexibility index (Phi) is 3.85. The summed E-state index contributed by atoms with van der Waals surface area (Å²) in [5, 5.41) is 18.0. The lowest BCUT2D eigenvalue weighted by Gasteiger charge is -2.23. The zero-order valence-electron chi connectivity index (χ0n) is 13.2. The van der Waals surface area contributed by atoms with E-state index in [4.69, 9.17) is 0 Å². The smallest absolute Gasteiger partial charge is 0.294 e. The molecule has 0 radical (unpaired) electrons. The van der Waals surface area contributed by atoms with Crippen molar-refractivity contribution >= 4 is 16.9 Å². The second-order valence-corrected chi connectivity index (χ2v) is 6.04. The molecule has 1 saturated heterocycles. The van der Waals surface area contributed by atoms with Crippen molar-refractivity contribution in [1.29, 1.82) is 0 Å². The van der Waals surface area contributed by atoms with Gasteiger partial charge in [-0.1, -0.05) is 24.3 Å². The predicted molar refractivity (Wildman–Crippen MR) is 88.1 cm³/mol. The molecule has 1 amide bonds. The van der Waals surface area contributed by atoms with E-state index in [-0.39, 0.29) is 18.2 Å². The quantitative estimate of drug-likeness (QED) is 0.774. The van der Waals surface area contributed by atoms with Gasteiger partial charge in [0.2, 0.25) is 5.82 Å². The fourth-order valence-electron chi connectivity index (χ4n) is 3.17. The molecule has 1 fully saturated rings. The molecule has 4 rings (SSSR count). The van der Waals surface area contributed by atoms with Gasteiger partial charge >= 0.3 is 0 Å². The number of β-amino-alcohol motifs (C(OH)–C–C–N with tert-alkyl or cyclic N) is 1. The molecule has 126 valence electrons. The third kappa shape index (κ3) is 2.94. The Labute approximate surface area is 142 Å². The number of aromatic nitrogens is 3. The van der Waals surface area contributed by atoms with Crippen molar-refractivity contribution in [2.75, 3.05) is 6.54 Å². The van der Waals surface area contributed by atoms with Gasteiger partial charge in [0.25, 0.3) is 5.91 Å². The van der Waals surface area contributed by atoms with Crippen molar-refractivity contribution in [3.05, 3.63) is 65.7 Å². The van der Waals surface area contributed by atoms with Gasteiger partial charge in [-0.15, -0.1) is 10.2 Å². The monoisotopic (exact) mass is 338 g/mol. The maximum atomic E-state index is 13.5. The van der Waals surface area contributed by atoms with Crippen LogP contribution in [0.15, 0.2) is 48.5 Å². The molecule has 0 spiro atoms. The number of amides is 1. The third-order valence-electron chi connectivity index (χ3n) is 4.33. The van der Waals surface area contributed by atoms with E-state index in [1.807, 2.05) is 6.07 Å². The van der Waals surface area contributed by atoms with E-state index in [0.29, 0.717) is 23.0 Å². The van der Waals surface area contributed by atoms with E-state index >= 15 is 0 Å². The van der Waals surface area contributed by atoms with Crippen LogP contribution in [0.25, 0.3) is 11.0 Å². The Hall–Kier alpha value is -2.93. The summed E-state index contributed by atoms with van der Waals surface area (Å²) in [6.07, 6.45) is -0.332. The number of nitrogens with zero attached hydrogens (tertiary/aromatic N) is 4. The van der Waals surface area contributed by atoms with Crippen LogP contribution in [0.1, 0.15) is 28.6 Å². The SMILES string of the molecule is O=C(c1nnc2ccccc2n1)N1C[C@@H](O)C[C@H]1c1cccc(F)c1. The van der Waals surface area contributed by atoms with Gasteiger partial charge in [-0.25, -0.2) is 9.37 Å². The number of rotatable bonds is 2. The molecule has 1 aromatic heterocycles. The summed E-state index contributed by atoms with van der Waals surface area (Å²) in [5.74, 6) is -0.840. The zero-order chi connectivity index (χ0) is 17.4. The van der Waals surface area contributed by atoms with Crippen molar-refractivity contribution in [2.24, 2.45) is 0 Å². The molecule has 3 aromatic rings. The molecule has 2 aromatic carbocycles. The van der Waals surface area contributed by atoms with Crippen LogP contribution in [0, 0.1) is 5.82 Å². The van der Waals surface area contributed by atoms with Gasteiger partial charge in [-0.05, 0) is 36.2 Å². The van der Waals surface area contributed by atoms with Crippen molar-refractivity contribution in [1.82, 2.24) is 20.1 Å². The standard InChI is InChI=1S/C18H15FN4O2/c19-12-5-3-4-11(8-12)16-9-13(24)10-23(16)18(25)17-20-14-6-1-2-7-15(14)21-22-17/h1-8,13,16,24H,9-10H2/t13-,16-/m0/s1. The van der Waals surface area contributed by atoms with Crippen molar-refractivity contribution < 1.29 is 14.3 Å². The molecule has 0 saturated carbocycles. The summed E-state index contributed by atoms with van der Waals surface area (Å²) in [6.45, 7) is 0.149. The maximum Gasteiger partial charge on any atom is 0.294 e. The maximum absolute atomic E-state index is 13.5. The number of halogens is 1. The fourth-order valence-corrected chi connectivity index (χ4v) is 3.17. The number of aliphatic hydroxyl groups is 1. The number of aliphatic hydroxyl groups excluding tert-OH is 1.